The first-order valence-electron chi connectivity index (χ1n) is 17.4. The minimum Gasteiger partial charge on any atom is -0.494 e. The van der Waals surface area contributed by atoms with Crippen LogP contribution in [0.1, 0.15) is 66.6 Å². The largest absolute Gasteiger partial charge is 0.494 e. The van der Waals surface area contributed by atoms with Crippen molar-refractivity contribution in [3.63, 3.8) is 0 Å². The molecule has 1 aliphatic heterocycles. The highest BCUT2D eigenvalue weighted by Crippen LogP contribution is 2.28. The molecule has 0 bridgehead atoms. The number of aryl methyl sites for hydroxylation is 1. The number of nitrogens with two attached hydrogens (primary N) is 1. The van der Waals surface area contributed by atoms with Crippen molar-refractivity contribution < 1.29 is 42.4 Å². The molecule has 1 fully saturated rings. The number of aromatic amines is 1. The number of rotatable bonds is 10. The molecule has 54 heavy (non-hydrogen) atoms. The number of halogens is 3. The third kappa shape index (κ3) is 13.9. The normalized spacial score (nSPS) is 17.7. The number of aliphatic hydroxyl groups excluding tert-OH is 2. The van der Waals surface area contributed by atoms with Gasteiger partial charge in [0.25, 0.3) is 5.91 Å². The van der Waals surface area contributed by atoms with Crippen LogP contribution < -0.4 is 26.1 Å². The molecule has 1 saturated heterocycles. The average molecular weight is 754 g/mol. The van der Waals surface area contributed by atoms with E-state index in [0.29, 0.717) is 43.3 Å². The van der Waals surface area contributed by atoms with Crippen LogP contribution in [-0.4, -0.2) is 75.4 Å². The molecule has 6 N–H and O–H groups in total. The topological polar surface area (TPSA) is 182 Å². The molecule has 0 aliphatic carbocycles. The van der Waals surface area contributed by atoms with E-state index in [4.69, 9.17) is 19.9 Å². The van der Waals surface area contributed by atoms with Crippen LogP contribution in [-0.2, 0) is 17.3 Å². The Morgan fingerprint density at radius 1 is 1.06 bits per heavy atom. The predicted molar refractivity (Wildman–Crippen MR) is 196 cm³/mol. The molecule has 1 amide bonds. The fourth-order valence-electron chi connectivity index (χ4n) is 4.88. The monoisotopic (exact) mass is 753 g/mol. The molecule has 0 radical (unpaired) electrons. The number of carbonyl (C=O) groups is 1. The molecule has 5 rings (SSSR count). The SMILES string of the molecule is CC.Cc1cc(CCN)ccc1Oc1ccc(OCCCNC(=O)c2ccc(C#CC3CC(O)C(O)C(C)O3)nn2)cc1.O=c1cccc(C(F)(F)F)[nH]1. The fraction of sp³-hybridized carbons (Fsp3) is 0.385. The van der Waals surface area contributed by atoms with Crippen molar-refractivity contribution in [1.82, 2.24) is 20.5 Å². The zero-order valence-corrected chi connectivity index (χ0v) is 30.5. The van der Waals surface area contributed by atoms with Gasteiger partial charge in [-0.1, -0.05) is 38.0 Å². The van der Waals surface area contributed by atoms with Gasteiger partial charge in [-0.05, 0) is 98.8 Å². The summed E-state index contributed by atoms with van der Waals surface area (Å²) < 4.78 is 52.7. The Morgan fingerprint density at radius 2 is 1.78 bits per heavy atom. The molecule has 3 heterocycles. The molecule has 15 heteroatoms. The summed E-state index contributed by atoms with van der Waals surface area (Å²) in [7, 11) is 0. The maximum Gasteiger partial charge on any atom is 0.431 e. The Bertz CT molecular complexity index is 1870. The minimum atomic E-state index is -4.47. The van der Waals surface area contributed by atoms with Crippen LogP contribution in [0, 0.1) is 18.8 Å². The van der Waals surface area contributed by atoms with Crippen molar-refractivity contribution in [3.05, 3.63) is 111 Å². The molecule has 2 aromatic heterocycles. The molecule has 290 valence electrons. The first-order chi connectivity index (χ1) is 25.8. The number of nitrogens with zero attached hydrogens (tertiary/aromatic N) is 2. The number of aromatic nitrogens is 3. The standard InChI is InChI=1S/C31H36N4O6.C6H4F3NO.C2H6/c1-20-18-22(14-15-32)4-13-29(20)41-25-10-8-24(9-11-25)39-17-3-16-33-31(38)27-12-6-23(34-35-27)5-7-26-19-28(36)30(37)21(2)40-26;7-6(8,9)4-2-1-3-5(11)10-4;1-2/h4,6,8-13,18,21,26,28,30,36-37H,3,14-17,19,32H2,1-2H3,(H,33,38);1-3H,(H,10,11);1-2H3. The summed E-state index contributed by atoms with van der Waals surface area (Å²) in [6.45, 7) is 9.15. The van der Waals surface area contributed by atoms with E-state index in [1.54, 1.807) is 24.0 Å². The van der Waals surface area contributed by atoms with Gasteiger partial charge in [-0.2, -0.15) is 13.2 Å². The third-order valence-electron chi connectivity index (χ3n) is 7.64. The summed E-state index contributed by atoms with van der Waals surface area (Å²) in [6, 6.07) is 19.5. The highest BCUT2D eigenvalue weighted by molar-refractivity contribution is 5.92. The van der Waals surface area contributed by atoms with E-state index in [9.17, 15) is 33.0 Å². The van der Waals surface area contributed by atoms with E-state index in [0.717, 1.165) is 35.9 Å². The number of H-pyrrole nitrogens is 1. The quantitative estimate of drug-likeness (QED) is 0.110. The molecule has 12 nitrogen and oxygen atoms in total. The van der Waals surface area contributed by atoms with Gasteiger partial charge in [0.2, 0.25) is 5.56 Å². The van der Waals surface area contributed by atoms with E-state index in [2.05, 4.69) is 33.4 Å². The second kappa shape index (κ2) is 21.4. The highest BCUT2D eigenvalue weighted by atomic mass is 19.4. The molecule has 0 spiro atoms. The summed E-state index contributed by atoms with van der Waals surface area (Å²) in [4.78, 5) is 24.4. The first kappa shape index (κ1) is 43.1. The van der Waals surface area contributed by atoms with Crippen molar-refractivity contribution >= 4 is 5.91 Å². The number of benzene rings is 2. The number of pyridine rings is 1. The zero-order chi connectivity index (χ0) is 39.7. The van der Waals surface area contributed by atoms with Crippen molar-refractivity contribution in [2.24, 2.45) is 5.73 Å². The van der Waals surface area contributed by atoms with E-state index < -0.39 is 41.8 Å². The number of alkyl halides is 3. The molecular formula is C39H46F3N5O7. The number of hydrogen-bond acceptors (Lipinski definition) is 10. The summed E-state index contributed by atoms with van der Waals surface area (Å²) in [6.07, 6.45) is -5.66. The van der Waals surface area contributed by atoms with Crippen LogP contribution >= 0.6 is 0 Å². The van der Waals surface area contributed by atoms with Gasteiger partial charge in [-0.25, -0.2) is 0 Å². The Kier molecular flexibility index (Phi) is 17.1. The highest BCUT2D eigenvalue weighted by Gasteiger charge is 2.33. The number of ether oxygens (including phenoxy) is 3. The van der Waals surface area contributed by atoms with Crippen molar-refractivity contribution in [1.29, 1.82) is 0 Å². The molecular weight excluding hydrogens is 707 g/mol. The van der Waals surface area contributed by atoms with Crippen molar-refractivity contribution in [3.8, 4) is 29.1 Å². The number of nitrogens with one attached hydrogen (secondary N) is 2. The molecule has 4 atom stereocenters. The van der Waals surface area contributed by atoms with Crippen LogP contribution in [0.4, 0.5) is 13.2 Å². The summed E-state index contributed by atoms with van der Waals surface area (Å²) in [5, 5.41) is 30.3. The lowest BCUT2D eigenvalue weighted by molar-refractivity contribution is -0.146. The zero-order valence-electron chi connectivity index (χ0n) is 30.5. The summed E-state index contributed by atoms with van der Waals surface area (Å²) >= 11 is 0. The molecule has 4 unspecified atom stereocenters. The maximum absolute atomic E-state index is 12.4. The number of hydrogen-bond donors (Lipinski definition) is 5. The van der Waals surface area contributed by atoms with Gasteiger partial charge in [0, 0.05) is 19.0 Å². The van der Waals surface area contributed by atoms with Crippen LogP contribution in [0.15, 0.2) is 77.6 Å². The summed E-state index contributed by atoms with van der Waals surface area (Å²) in [5.74, 6) is 7.60. The first-order valence-corrected chi connectivity index (χ1v) is 17.4. The predicted octanol–water partition coefficient (Wildman–Crippen LogP) is 4.95. The lowest BCUT2D eigenvalue weighted by Gasteiger charge is -2.33. The second-order valence-corrected chi connectivity index (χ2v) is 11.8. The Hall–Kier alpha value is -5.27. The van der Waals surface area contributed by atoms with Gasteiger partial charge in [0.15, 0.2) is 5.69 Å². The smallest absolute Gasteiger partial charge is 0.431 e. The van der Waals surface area contributed by atoms with Gasteiger partial charge < -0.3 is 40.5 Å². The van der Waals surface area contributed by atoms with Crippen LogP contribution in [0.2, 0.25) is 0 Å². The van der Waals surface area contributed by atoms with Gasteiger partial charge >= 0.3 is 6.18 Å². The van der Waals surface area contributed by atoms with Gasteiger partial charge in [0.1, 0.15) is 40.8 Å². The van der Waals surface area contributed by atoms with Crippen LogP contribution in [0.5, 0.6) is 17.2 Å². The van der Waals surface area contributed by atoms with E-state index in [1.807, 2.05) is 57.2 Å². The fourth-order valence-corrected chi connectivity index (χ4v) is 4.88. The molecule has 1 aliphatic rings. The van der Waals surface area contributed by atoms with Crippen molar-refractivity contribution in [2.75, 3.05) is 19.7 Å². The molecule has 4 aromatic rings. The molecule has 0 saturated carbocycles. The number of amides is 1. The van der Waals surface area contributed by atoms with E-state index >= 15 is 0 Å². The average Bonchev–Trinajstić information content (AvgIpc) is 3.15. The van der Waals surface area contributed by atoms with Crippen LogP contribution in [0.3, 0.4) is 0 Å². The Labute approximate surface area is 311 Å². The van der Waals surface area contributed by atoms with Crippen molar-refractivity contribution in [2.45, 2.75) is 77.5 Å². The second-order valence-electron chi connectivity index (χ2n) is 11.8. The van der Waals surface area contributed by atoms with E-state index in [1.165, 1.54) is 5.56 Å². The molecule has 2 aromatic carbocycles. The van der Waals surface area contributed by atoms with Gasteiger partial charge in [-0.15, -0.1) is 10.2 Å². The van der Waals surface area contributed by atoms with Gasteiger partial charge in [0.05, 0.1) is 18.8 Å². The Morgan fingerprint density at radius 3 is 2.37 bits per heavy atom. The third-order valence-corrected chi connectivity index (χ3v) is 7.64. The maximum atomic E-state index is 12.4. The Balaban J connectivity index is 0.000000512. The number of aliphatic hydroxyl groups is 2. The van der Waals surface area contributed by atoms with E-state index in [-0.39, 0.29) is 18.0 Å². The lowest BCUT2D eigenvalue weighted by Crippen LogP contribution is -2.46. The van der Waals surface area contributed by atoms with Crippen LogP contribution in [0.25, 0.3) is 0 Å². The minimum absolute atomic E-state index is 0.178. The van der Waals surface area contributed by atoms with Gasteiger partial charge in [-0.3, -0.25) is 9.59 Å². The number of carbonyl (C=O) groups excluding carboxylic acids is 1. The lowest BCUT2D eigenvalue weighted by atomic mass is 9.99. The summed E-state index contributed by atoms with van der Waals surface area (Å²) in [5.41, 5.74) is 6.65.